The van der Waals surface area contributed by atoms with Crippen molar-refractivity contribution in [3.05, 3.63) is 56.1 Å². The Morgan fingerprint density at radius 1 is 1.10 bits per heavy atom. The molecular weight excluding hydrogens is 451 g/mol. The Kier molecular flexibility index (Phi) is 8.64. The van der Waals surface area contributed by atoms with Crippen LogP contribution in [0.25, 0.3) is 0 Å². The van der Waals surface area contributed by atoms with Gasteiger partial charge in [-0.3, -0.25) is 14.6 Å². The molecule has 2 fully saturated rings. The predicted molar refractivity (Wildman–Crippen MR) is 133 cm³/mol. The molecule has 31 heavy (non-hydrogen) atoms. The van der Waals surface area contributed by atoms with E-state index in [0.29, 0.717) is 18.4 Å². The summed E-state index contributed by atoms with van der Waals surface area (Å²) in [5.74, 6) is 1.13. The molecule has 2 aromatic heterocycles. The molecule has 1 N–H and O–H groups in total. The number of fused-ring (bicyclic) bond motifs is 4. The second kappa shape index (κ2) is 10.8. The molecule has 0 unspecified atom stereocenters. The molecule has 3 aliphatic rings. The molecule has 3 aliphatic heterocycles. The molecular formula is C23H34Cl2N4OS. The molecule has 0 saturated carbocycles. The van der Waals surface area contributed by atoms with Crippen molar-refractivity contribution in [2.75, 3.05) is 33.2 Å². The highest BCUT2D eigenvalue weighted by molar-refractivity contribution is 7.07. The lowest BCUT2D eigenvalue weighted by atomic mass is 9.81. The Bertz CT molecular complexity index is 897. The van der Waals surface area contributed by atoms with E-state index >= 15 is 0 Å². The highest BCUT2D eigenvalue weighted by Crippen LogP contribution is 2.36. The van der Waals surface area contributed by atoms with Crippen molar-refractivity contribution in [2.45, 2.75) is 50.9 Å². The Morgan fingerprint density at radius 2 is 1.90 bits per heavy atom. The lowest BCUT2D eigenvalue weighted by molar-refractivity contribution is 0.0676. The summed E-state index contributed by atoms with van der Waals surface area (Å²) in [6.45, 7) is 7.08. The van der Waals surface area contributed by atoms with Gasteiger partial charge in [-0.05, 0) is 73.8 Å². The normalized spacial score (nSPS) is 23.7. The van der Waals surface area contributed by atoms with Crippen LogP contribution >= 0.6 is 36.2 Å². The highest BCUT2D eigenvalue weighted by Gasteiger charge is 2.37. The van der Waals surface area contributed by atoms with Crippen molar-refractivity contribution in [3.8, 4) is 0 Å². The minimum absolute atomic E-state index is 0. The number of hydrogen-bond donors (Lipinski definition) is 1. The van der Waals surface area contributed by atoms with Crippen LogP contribution in [0.2, 0.25) is 0 Å². The summed E-state index contributed by atoms with van der Waals surface area (Å²) in [6.07, 6.45) is 3.78. The van der Waals surface area contributed by atoms with E-state index in [1.165, 1.54) is 30.5 Å². The fourth-order valence-corrected chi connectivity index (χ4v) is 6.32. The van der Waals surface area contributed by atoms with Crippen molar-refractivity contribution >= 4 is 36.2 Å². The molecule has 0 aliphatic carbocycles. The first kappa shape index (κ1) is 24.7. The van der Waals surface area contributed by atoms with Gasteiger partial charge in [-0.2, -0.15) is 11.3 Å². The molecule has 0 spiro atoms. The zero-order valence-electron chi connectivity index (χ0n) is 18.2. The maximum Gasteiger partial charge on any atom is 0.255 e. The van der Waals surface area contributed by atoms with Gasteiger partial charge in [-0.1, -0.05) is 6.07 Å². The van der Waals surface area contributed by atoms with Gasteiger partial charge in [0.2, 0.25) is 0 Å². The summed E-state index contributed by atoms with van der Waals surface area (Å²) in [5.41, 5.74) is 3.77. The minimum atomic E-state index is 0. The largest absolute Gasteiger partial charge is 0.317 e. The van der Waals surface area contributed by atoms with E-state index in [9.17, 15) is 4.79 Å². The maximum absolute atomic E-state index is 13.3. The fourth-order valence-electron chi connectivity index (χ4n) is 5.66. The van der Waals surface area contributed by atoms with Crippen LogP contribution in [0, 0.1) is 5.92 Å². The summed E-state index contributed by atoms with van der Waals surface area (Å²) in [6, 6.07) is 7.24. The number of nitrogens with zero attached hydrogens (tertiary/aromatic N) is 3. The monoisotopic (exact) mass is 484 g/mol. The van der Waals surface area contributed by atoms with Crippen LogP contribution in [0.5, 0.6) is 0 Å². The molecule has 8 heteroatoms. The van der Waals surface area contributed by atoms with E-state index in [-0.39, 0.29) is 30.4 Å². The van der Waals surface area contributed by atoms with Crippen LogP contribution in [0.4, 0.5) is 0 Å². The van der Waals surface area contributed by atoms with Crippen LogP contribution in [0.1, 0.15) is 42.0 Å². The van der Waals surface area contributed by atoms with Crippen LogP contribution < -0.4 is 10.9 Å². The lowest BCUT2D eigenvalue weighted by Gasteiger charge is -2.46. The van der Waals surface area contributed by atoms with Crippen molar-refractivity contribution in [1.82, 2.24) is 19.7 Å². The smallest absolute Gasteiger partial charge is 0.255 e. The molecule has 0 radical (unpaired) electrons. The average molecular weight is 486 g/mol. The molecule has 2 saturated heterocycles. The van der Waals surface area contributed by atoms with Crippen molar-refractivity contribution in [2.24, 2.45) is 5.92 Å². The summed E-state index contributed by atoms with van der Waals surface area (Å²) < 4.78 is 2.12. The number of thiophene rings is 1. The summed E-state index contributed by atoms with van der Waals surface area (Å²) in [5, 5.41) is 7.79. The number of halogens is 2. The predicted octanol–water partition coefficient (Wildman–Crippen LogP) is 3.56. The Balaban J connectivity index is 0.00000136. The van der Waals surface area contributed by atoms with Gasteiger partial charge >= 0.3 is 0 Å². The molecule has 5 rings (SSSR count). The van der Waals surface area contributed by atoms with Crippen LogP contribution in [-0.4, -0.2) is 53.6 Å². The SMILES string of the molecule is CN(Cc1ccsc1)Cc1ccc2n(c1=O)C[C@H]1C[C@@H]2CN(C2CCNCC2)C1.Cl.Cl. The number of rotatable bonds is 5. The number of likely N-dealkylation sites (tertiary alicyclic amines) is 1. The first-order chi connectivity index (χ1) is 14.2. The van der Waals surface area contributed by atoms with Gasteiger partial charge in [0.15, 0.2) is 0 Å². The third-order valence-corrected chi connectivity index (χ3v) is 7.74. The molecule has 5 heterocycles. The molecule has 172 valence electrons. The third-order valence-electron chi connectivity index (χ3n) is 7.01. The van der Waals surface area contributed by atoms with Crippen molar-refractivity contribution in [3.63, 3.8) is 0 Å². The summed E-state index contributed by atoms with van der Waals surface area (Å²) in [7, 11) is 2.10. The quantitative estimate of drug-likeness (QED) is 0.704. The van der Waals surface area contributed by atoms with E-state index < -0.39 is 0 Å². The molecule has 2 aromatic rings. The molecule has 0 aromatic carbocycles. The summed E-state index contributed by atoms with van der Waals surface area (Å²) >= 11 is 1.73. The zero-order chi connectivity index (χ0) is 19.8. The van der Waals surface area contributed by atoms with Gasteiger partial charge in [0.05, 0.1) is 0 Å². The third kappa shape index (κ3) is 5.37. The van der Waals surface area contributed by atoms with Gasteiger partial charge in [0.1, 0.15) is 0 Å². The van der Waals surface area contributed by atoms with Crippen molar-refractivity contribution in [1.29, 1.82) is 0 Å². The molecule has 2 bridgehead atoms. The van der Waals surface area contributed by atoms with Crippen LogP contribution in [-0.2, 0) is 19.6 Å². The number of nitrogens with one attached hydrogen (secondary N) is 1. The molecule has 5 nitrogen and oxygen atoms in total. The first-order valence-corrected chi connectivity index (χ1v) is 12.0. The minimum Gasteiger partial charge on any atom is -0.317 e. The Hall–Kier alpha value is -0.890. The van der Waals surface area contributed by atoms with E-state index in [0.717, 1.165) is 50.9 Å². The van der Waals surface area contributed by atoms with Gasteiger partial charge < -0.3 is 9.88 Å². The van der Waals surface area contributed by atoms with E-state index in [1.54, 1.807) is 11.3 Å². The fraction of sp³-hybridized carbons (Fsp3) is 0.609. The molecule has 0 amide bonds. The highest BCUT2D eigenvalue weighted by atomic mass is 35.5. The van der Waals surface area contributed by atoms with E-state index in [4.69, 9.17) is 0 Å². The number of piperidine rings is 2. The maximum atomic E-state index is 13.3. The van der Waals surface area contributed by atoms with Gasteiger partial charge in [-0.15, -0.1) is 24.8 Å². The average Bonchev–Trinajstić information content (AvgIpc) is 3.24. The molecule has 2 atom stereocenters. The van der Waals surface area contributed by atoms with Crippen LogP contribution in [0.3, 0.4) is 0 Å². The zero-order valence-corrected chi connectivity index (χ0v) is 20.6. The van der Waals surface area contributed by atoms with Gasteiger partial charge in [0, 0.05) is 55.9 Å². The van der Waals surface area contributed by atoms with E-state index in [1.807, 2.05) is 0 Å². The topological polar surface area (TPSA) is 40.5 Å². The van der Waals surface area contributed by atoms with Crippen molar-refractivity contribution < 1.29 is 0 Å². The second-order valence-corrected chi connectivity index (χ2v) is 10.0. The standard InChI is InChI=1S/C23H32N4OS.2ClH/c1-25(11-17-6-9-29-16-17)14-19-2-3-22-20-10-18(13-27(22)23(19)28)12-26(15-20)21-4-7-24-8-5-21;;/h2-3,6,9,16,18,20-21,24H,4-5,7-8,10-15H2,1H3;2*1H/t18-,20+;;/m0../s1. The Labute approximate surface area is 201 Å². The second-order valence-electron chi connectivity index (χ2n) is 9.24. The lowest BCUT2D eigenvalue weighted by Crippen LogP contribution is -2.53. The van der Waals surface area contributed by atoms with Crippen LogP contribution in [0.15, 0.2) is 33.8 Å². The van der Waals surface area contributed by atoms with E-state index in [2.05, 4.69) is 55.7 Å². The van der Waals surface area contributed by atoms with Gasteiger partial charge in [-0.25, -0.2) is 0 Å². The number of pyridine rings is 1. The Morgan fingerprint density at radius 3 is 2.65 bits per heavy atom. The number of aromatic nitrogens is 1. The first-order valence-electron chi connectivity index (χ1n) is 11.0. The van der Waals surface area contributed by atoms with Gasteiger partial charge in [0.25, 0.3) is 5.56 Å². The number of hydrogen-bond acceptors (Lipinski definition) is 5. The summed E-state index contributed by atoms with van der Waals surface area (Å²) in [4.78, 5) is 18.3.